The van der Waals surface area contributed by atoms with Crippen molar-refractivity contribution in [2.45, 2.75) is 45.0 Å². The predicted octanol–water partition coefficient (Wildman–Crippen LogP) is 3.15. The van der Waals surface area contributed by atoms with Crippen LogP contribution in [0.4, 0.5) is 8.78 Å². The first-order valence-corrected chi connectivity index (χ1v) is 7.36. The third-order valence-corrected chi connectivity index (χ3v) is 3.59. The second kappa shape index (κ2) is 7.65. The highest BCUT2D eigenvalue weighted by Crippen LogP contribution is 2.20. The van der Waals surface area contributed by atoms with Crippen molar-refractivity contribution < 1.29 is 27.8 Å². The van der Waals surface area contributed by atoms with Crippen LogP contribution in [-0.2, 0) is 19.0 Å². The number of carbonyl (C=O) groups excluding carboxylic acids is 1. The number of benzene rings is 1. The summed E-state index contributed by atoms with van der Waals surface area (Å²) in [6.45, 7) is 4.25. The van der Waals surface area contributed by atoms with Crippen molar-refractivity contribution in [3.05, 3.63) is 35.4 Å². The van der Waals surface area contributed by atoms with Gasteiger partial charge in [0.05, 0.1) is 12.7 Å². The van der Waals surface area contributed by atoms with E-state index in [4.69, 9.17) is 14.2 Å². The third-order valence-electron chi connectivity index (χ3n) is 3.59. The fourth-order valence-electron chi connectivity index (χ4n) is 2.20. The highest BCUT2D eigenvalue weighted by atomic mass is 19.2. The summed E-state index contributed by atoms with van der Waals surface area (Å²) in [7, 11) is 0. The molecular formula is C16H20F2O4. The zero-order chi connectivity index (χ0) is 16.1. The minimum absolute atomic E-state index is 0.0267. The van der Waals surface area contributed by atoms with Gasteiger partial charge in [0, 0.05) is 6.61 Å². The van der Waals surface area contributed by atoms with Gasteiger partial charge < -0.3 is 14.2 Å². The lowest BCUT2D eigenvalue weighted by molar-refractivity contribution is -0.162. The van der Waals surface area contributed by atoms with Crippen LogP contribution in [0.5, 0.6) is 0 Å². The molecule has 1 heterocycles. The van der Waals surface area contributed by atoms with Crippen LogP contribution in [0.2, 0.25) is 0 Å². The van der Waals surface area contributed by atoms with Crippen molar-refractivity contribution in [2.24, 2.45) is 0 Å². The summed E-state index contributed by atoms with van der Waals surface area (Å²) in [5.41, 5.74) is 0.388. The van der Waals surface area contributed by atoms with Gasteiger partial charge in [0.2, 0.25) is 0 Å². The molecule has 0 aromatic heterocycles. The number of esters is 1. The molecule has 22 heavy (non-hydrogen) atoms. The van der Waals surface area contributed by atoms with Crippen LogP contribution in [0, 0.1) is 11.6 Å². The molecule has 1 saturated heterocycles. The quantitative estimate of drug-likeness (QED) is 0.757. The van der Waals surface area contributed by atoms with Crippen molar-refractivity contribution in [2.75, 3.05) is 13.2 Å². The molecule has 3 unspecified atom stereocenters. The second-order valence-electron chi connectivity index (χ2n) is 5.36. The summed E-state index contributed by atoms with van der Waals surface area (Å²) in [4.78, 5) is 11.9. The lowest BCUT2D eigenvalue weighted by Crippen LogP contribution is -2.28. The normalized spacial score (nSPS) is 20.6. The maximum Gasteiger partial charge on any atom is 0.335 e. The van der Waals surface area contributed by atoms with E-state index in [2.05, 4.69) is 0 Å². The van der Waals surface area contributed by atoms with E-state index in [9.17, 15) is 13.6 Å². The summed E-state index contributed by atoms with van der Waals surface area (Å²) in [6.07, 6.45) is 0.528. The maximum atomic E-state index is 13.2. The first-order chi connectivity index (χ1) is 10.5. The molecule has 4 nitrogen and oxygen atoms in total. The molecule has 0 aliphatic carbocycles. The number of hydrogen-bond donors (Lipinski definition) is 0. The van der Waals surface area contributed by atoms with Crippen LogP contribution in [0.1, 0.15) is 38.4 Å². The Morgan fingerprint density at radius 2 is 2.14 bits per heavy atom. The predicted molar refractivity (Wildman–Crippen MR) is 75.3 cm³/mol. The van der Waals surface area contributed by atoms with Gasteiger partial charge in [-0.2, -0.15) is 0 Å². The standard InChI is InChI=1S/C16H20F2O4/c1-10(12-5-6-14(17)15(18)8-12)22-16(19)11(2)21-9-13-4-3-7-20-13/h5-6,8,10-11,13H,3-4,7,9H2,1-2H3. The minimum Gasteiger partial charge on any atom is -0.456 e. The van der Waals surface area contributed by atoms with Gasteiger partial charge in [0.15, 0.2) is 17.7 Å². The van der Waals surface area contributed by atoms with Gasteiger partial charge >= 0.3 is 5.97 Å². The van der Waals surface area contributed by atoms with Crippen molar-refractivity contribution in [3.8, 4) is 0 Å². The number of ether oxygens (including phenoxy) is 3. The monoisotopic (exact) mass is 314 g/mol. The van der Waals surface area contributed by atoms with Crippen molar-refractivity contribution in [1.82, 2.24) is 0 Å². The van der Waals surface area contributed by atoms with Crippen molar-refractivity contribution >= 4 is 5.97 Å². The van der Waals surface area contributed by atoms with E-state index >= 15 is 0 Å². The molecule has 1 aromatic rings. The smallest absolute Gasteiger partial charge is 0.335 e. The molecule has 122 valence electrons. The summed E-state index contributed by atoms with van der Waals surface area (Å²) in [5.74, 6) is -2.45. The van der Waals surface area contributed by atoms with E-state index in [1.54, 1.807) is 13.8 Å². The number of carbonyl (C=O) groups is 1. The van der Waals surface area contributed by atoms with Crippen LogP contribution in [0.25, 0.3) is 0 Å². The topological polar surface area (TPSA) is 44.8 Å². The fourth-order valence-corrected chi connectivity index (χ4v) is 2.20. The first kappa shape index (κ1) is 16.8. The minimum atomic E-state index is -0.969. The van der Waals surface area contributed by atoms with Crippen LogP contribution < -0.4 is 0 Å². The molecule has 0 saturated carbocycles. The van der Waals surface area contributed by atoms with Gasteiger partial charge in [-0.25, -0.2) is 13.6 Å². The molecular weight excluding hydrogens is 294 g/mol. The van der Waals surface area contributed by atoms with Gasteiger partial charge in [-0.3, -0.25) is 0 Å². The van der Waals surface area contributed by atoms with Crippen molar-refractivity contribution in [1.29, 1.82) is 0 Å². The Morgan fingerprint density at radius 3 is 2.77 bits per heavy atom. The maximum absolute atomic E-state index is 13.2. The lowest BCUT2D eigenvalue weighted by atomic mass is 10.1. The van der Waals surface area contributed by atoms with Crippen LogP contribution in [0.15, 0.2) is 18.2 Å². The number of rotatable bonds is 6. The van der Waals surface area contributed by atoms with Gasteiger partial charge in [-0.15, -0.1) is 0 Å². The number of hydrogen-bond acceptors (Lipinski definition) is 4. The van der Waals surface area contributed by atoms with E-state index < -0.39 is 29.8 Å². The average Bonchev–Trinajstić information content (AvgIpc) is 3.00. The average molecular weight is 314 g/mol. The largest absolute Gasteiger partial charge is 0.456 e. The second-order valence-corrected chi connectivity index (χ2v) is 5.36. The highest BCUT2D eigenvalue weighted by Gasteiger charge is 2.22. The van der Waals surface area contributed by atoms with E-state index in [0.717, 1.165) is 31.6 Å². The zero-order valence-electron chi connectivity index (χ0n) is 12.7. The zero-order valence-corrected chi connectivity index (χ0v) is 12.7. The van der Waals surface area contributed by atoms with E-state index in [-0.39, 0.29) is 6.10 Å². The van der Waals surface area contributed by atoms with Crippen LogP contribution in [-0.4, -0.2) is 31.4 Å². The van der Waals surface area contributed by atoms with Crippen LogP contribution >= 0.6 is 0 Å². The van der Waals surface area contributed by atoms with Gasteiger partial charge in [-0.1, -0.05) is 6.07 Å². The molecule has 2 rings (SSSR count). The van der Waals surface area contributed by atoms with Crippen LogP contribution in [0.3, 0.4) is 0 Å². The Labute approximate surface area is 128 Å². The highest BCUT2D eigenvalue weighted by molar-refractivity contribution is 5.74. The molecule has 0 radical (unpaired) electrons. The Bertz CT molecular complexity index is 515. The summed E-state index contributed by atoms with van der Waals surface area (Å²) in [5, 5.41) is 0. The molecule has 0 spiro atoms. The molecule has 1 aromatic carbocycles. The summed E-state index contributed by atoms with van der Waals surface area (Å²) < 4.78 is 42.1. The Balaban J connectivity index is 1.82. The molecule has 1 aliphatic heterocycles. The first-order valence-electron chi connectivity index (χ1n) is 7.36. The molecule has 1 aliphatic rings. The van der Waals surface area contributed by atoms with E-state index in [1.807, 2.05) is 0 Å². The summed E-state index contributed by atoms with van der Waals surface area (Å²) in [6, 6.07) is 3.41. The van der Waals surface area contributed by atoms with Gasteiger partial charge in [-0.05, 0) is 44.4 Å². The number of halogens is 2. The molecule has 0 N–H and O–H groups in total. The van der Waals surface area contributed by atoms with Gasteiger partial charge in [0.1, 0.15) is 6.10 Å². The molecule has 0 amide bonds. The van der Waals surface area contributed by atoms with Crippen molar-refractivity contribution in [3.63, 3.8) is 0 Å². The lowest BCUT2D eigenvalue weighted by Gasteiger charge is -2.19. The summed E-state index contributed by atoms with van der Waals surface area (Å²) >= 11 is 0. The molecule has 0 bridgehead atoms. The van der Waals surface area contributed by atoms with E-state index in [1.165, 1.54) is 6.07 Å². The molecule has 3 atom stereocenters. The third kappa shape index (κ3) is 4.48. The Kier molecular flexibility index (Phi) is 5.85. The SMILES string of the molecule is CC(OCC1CCCO1)C(=O)OC(C)c1ccc(F)c(F)c1. The fraction of sp³-hybridized carbons (Fsp3) is 0.562. The Hall–Kier alpha value is -1.53. The van der Waals surface area contributed by atoms with E-state index in [0.29, 0.717) is 12.2 Å². The molecule has 1 fully saturated rings. The van der Waals surface area contributed by atoms with Gasteiger partial charge in [0.25, 0.3) is 0 Å². The Morgan fingerprint density at radius 1 is 1.36 bits per heavy atom. The molecule has 6 heteroatoms.